The molecule has 4 rings (SSSR count). The van der Waals surface area contributed by atoms with E-state index in [9.17, 15) is 18.0 Å². The van der Waals surface area contributed by atoms with Crippen LogP contribution in [0.1, 0.15) is 16.3 Å². The van der Waals surface area contributed by atoms with Gasteiger partial charge < -0.3 is 4.90 Å². The number of halogens is 3. The highest BCUT2D eigenvalue weighted by Gasteiger charge is 2.33. The van der Waals surface area contributed by atoms with Crippen molar-refractivity contribution < 1.29 is 18.0 Å². The average molecular weight is 436 g/mol. The monoisotopic (exact) mass is 436 g/mol. The Bertz CT molecular complexity index is 1070. The fourth-order valence-corrected chi connectivity index (χ4v) is 4.42. The van der Waals surface area contributed by atoms with Gasteiger partial charge in [0.05, 0.1) is 16.5 Å². The number of hydrogen-bond acceptors (Lipinski definition) is 6. The number of thiazole rings is 1. The normalized spacial score (nSPS) is 13.6. The zero-order valence-corrected chi connectivity index (χ0v) is 16.9. The van der Waals surface area contributed by atoms with E-state index in [4.69, 9.17) is 0 Å². The number of nitrogens with zero attached hydrogens (tertiary/aromatic N) is 4. The van der Waals surface area contributed by atoms with Crippen LogP contribution in [-0.4, -0.2) is 33.2 Å². The SMILES string of the molecule is Cc1nc(-c2ccc3c(c2)CCN3C(=O)CSc2nccc(C(F)(F)F)n2)cs1. The van der Waals surface area contributed by atoms with E-state index >= 15 is 0 Å². The van der Waals surface area contributed by atoms with Crippen LogP contribution >= 0.6 is 23.1 Å². The molecule has 0 saturated carbocycles. The number of carbonyl (C=O) groups is 1. The van der Waals surface area contributed by atoms with Gasteiger partial charge in [-0.25, -0.2) is 15.0 Å². The summed E-state index contributed by atoms with van der Waals surface area (Å²) >= 11 is 2.49. The molecule has 0 bridgehead atoms. The molecule has 1 aromatic carbocycles. The molecule has 3 heterocycles. The lowest BCUT2D eigenvalue weighted by Crippen LogP contribution is -2.30. The molecule has 0 aliphatic carbocycles. The minimum absolute atomic E-state index is 0.0339. The Kier molecular flexibility index (Phi) is 5.30. The van der Waals surface area contributed by atoms with Gasteiger partial charge in [-0.3, -0.25) is 4.79 Å². The van der Waals surface area contributed by atoms with Gasteiger partial charge in [-0.1, -0.05) is 17.8 Å². The summed E-state index contributed by atoms with van der Waals surface area (Å²) in [5.74, 6) is -0.222. The van der Waals surface area contributed by atoms with Gasteiger partial charge in [-0.15, -0.1) is 11.3 Å². The third-order valence-corrected chi connectivity index (χ3v) is 6.06. The number of amides is 1. The number of rotatable bonds is 4. The Morgan fingerprint density at radius 3 is 2.83 bits per heavy atom. The molecular formula is C19H15F3N4OS2. The first-order valence-electron chi connectivity index (χ1n) is 8.70. The number of benzene rings is 1. The molecule has 0 unspecified atom stereocenters. The van der Waals surface area contributed by atoms with Crippen LogP contribution in [-0.2, 0) is 17.4 Å². The third kappa shape index (κ3) is 4.27. The smallest absolute Gasteiger partial charge is 0.311 e. The standard InChI is InChI=1S/C19H15F3N4OS2/c1-11-24-14(9-28-11)12-2-3-15-13(8-12)5-7-26(15)17(27)10-29-18-23-6-4-16(25-18)19(20,21)22/h2-4,6,8-9H,5,7,10H2,1H3. The van der Waals surface area contributed by atoms with Crippen LogP contribution in [0.4, 0.5) is 18.9 Å². The second kappa shape index (κ2) is 7.75. The van der Waals surface area contributed by atoms with Gasteiger partial charge in [0.15, 0.2) is 5.16 Å². The van der Waals surface area contributed by atoms with E-state index in [-0.39, 0.29) is 16.8 Å². The first-order chi connectivity index (χ1) is 13.8. The molecule has 29 heavy (non-hydrogen) atoms. The lowest BCUT2D eigenvalue weighted by Gasteiger charge is -2.17. The van der Waals surface area contributed by atoms with E-state index < -0.39 is 11.9 Å². The fraction of sp³-hybridized carbons (Fsp3) is 0.263. The van der Waals surface area contributed by atoms with Crippen LogP contribution in [0.15, 0.2) is 41.0 Å². The largest absolute Gasteiger partial charge is 0.433 e. The Balaban J connectivity index is 1.45. The molecular weight excluding hydrogens is 421 g/mol. The minimum Gasteiger partial charge on any atom is -0.311 e. The maximum atomic E-state index is 12.8. The lowest BCUT2D eigenvalue weighted by molar-refractivity contribution is -0.141. The Labute approximate surface area is 173 Å². The molecule has 5 nitrogen and oxygen atoms in total. The zero-order valence-electron chi connectivity index (χ0n) is 15.2. The number of hydrogen-bond donors (Lipinski definition) is 0. The Morgan fingerprint density at radius 2 is 2.10 bits per heavy atom. The molecule has 2 aromatic heterocycles. The summed E-state index contributed by atoms with van der Waals surface area (Å²) in [7, 11) is 0. The number of aryl methyl sites for hydroxylation is 1. The van der Waals surface area contributed by atoms with Crippen molar-refractivity contribution in [2.45, 2.75) is 24.7 Å². The van der Waals surface area contributed by atoms with Gasteiger partial charge in [0, 0.05) is 29.4 Å². The number of thioether (sulfide) groups is 1. The summed E-state index contributed by atoms with van der Waals surface area (Å²) < 4.78 is 38.3. The lowest BCUT2D eigenvalue weighted by atomic mass is 10.1. The van der Waals surface area contributed by atoms with Crippen LogP contribution in [0.2, 0.25) is 0 Å². The first kappa shape index (κ1) is 19.8. The zero-order chi connectivity index (χ0) is 20.6. The quantitative estimate of drug-likeness (QED) is 0.442. The first-order valence-corrected chi connectivity index (χ1v) is 10.6. The van der Waals surface area contributed by atoms with Gasteiger partial charge in [0.25, 0.3) is 0 Å². The van der Waals surface area contributed by atoms with E-state index in [0.29, 0.717) is 6.54 Å². The van der Waals surface area contributed by atoms with Crippen LogP contribution in [0, 0.1) is 6.92 Å². The van der Waals surface area contributed by atoms with Crippen molar-refractivity contribution in [3.63, 3.8) is 0 Å². The van der Waals surface area contributed by atoms with Crippen molar-refractivity contribution in [2.24, 2.45) is 0 Å². The molecule has 0 spiro atoms. The summed E-state index contributed by atoms with van der Waals surface area (Å²) in [6.07, 6.45) is -2.76. The number of alkyl halides is 3. The Hall–Kier alpha value is -2.46. The van der Waals surface area contributed by atoms with Crippen molar-refractivity contribution in [3.8, 4) is 11.3 Å². The van der Waals surface area contributed by atoms with Crippen molar-refractivity contribution in [1.82, 2.24) is 15.0 Å². The number of fused-ring (bicyclic) bond motifs is 1. The van der Waals surface area contributed by atoms with E-state index in [1.54, 1.807) is 16.2 Å². The minimum atomic E-state index is -4.54. The molecule has 0 fully saturated rings. The molecule has 10 heteroatoms. The van der Waals surface area contributed by atoms with Crippen LogP contribution in [0.3, 0.4) is 0 Å². The summed E-state index contributed by atoms with van der Waals surface area (Å²) in [5, 5.41) is 2.92. The van der Waals surface area contributed by atoms with Crippen molar-refractivity contribution in [2.75, 3.05) is 17.2 Å². The summed E-state index contributed by atoms with van der Waals surface area (Å²) in [6.45, 7) is 2.49. The molecule has 0 atom stereocenters. The molecule has 3 aromatic rings. The van der Waals surface area contributed by atoms with E-state index in [1.807, 2.05) is 30.5 Å². The summed E-state index contributed by atoms with van der Waals surface area (Å²) in [6, 6.07) is 6.68. The van der Waals surface area contributed by atoms with E-state index in [1.165, 1.54) is 0 Å². The van der Waals surface area contributed by atoms with Crippen molar-refractivity contribution in [1.29, 1.82) is 0 Å². The number of anilines is 1. The average Bonchev–Trinajstić information content (AvgIpc) is 3.31. The topological polar surface area (TPSA) is 59.0 Å². The molecule has 1 amide bonds. The third-order valence-electron chi connectivity index (χ3n) is 4.44. The molecule has 1 aliphatic rings. The maximum absolute atomic E-state index is 12.8. The highest BCUT2D eigenvalue weighted by Crippen LogP contribution is 2.33. The predicted molar refractivity (Wildman–Crippen MR) is 106 cm³/mol. The molecule has 0 radical (unpaired) electrons. The van der Waals surface area contributed by atoms with Crippen molar-refractivity contribution >= 4 is 34.7 Å². The Morgan fingerprint density at radius 1 is 1.28 bits per heavy atom. The highest BCUT2D eigenvalue weighted by molar-refractivity contribution is 7.99. The summed E-state index contributed by atoms with van der Waals surface area (Å²) in [5.41, 5.74) is 2.79. The number of carbonyl (C=O) groups excluding carboxylic acids is 1. The number of aromatic nitrogens is 3. The van der Waals surface area contributed by atoms with Gasteiger partial charge in [0.2, 0.25) is 5.91 Å². The molecule has 0 saturated heterocycles. The van der Waals surface area contributed by atoms with E-state index in [2.05, 4.69) is 15.0 Å². The van der Waals surface area contributed by atoms with Gasteiger partial charge >= 0.3 is 6.18 Å². The molecule has 0 N–H and O–H groups in total. The maximum Gasteiger partial charge on any atom is 0.433 e. The van der Waals surface area contributed by atoms with Gasteiger partial charge in [0.1, 0.15) is 5.69 Å². The second-order valence-corrected chi connectivity index (χ2v) is 8.41. The van der Waals surface area contributed by atoms with Crippen LogP contribution in [0.25, 0.3) is 11.3 Å². The molecule has 150 valence electrons. The molecule has 1 aliphatic heterocycles. The van der Waals surface area contributed by atoms with Crippen LogP contribution < -0.4 is 4.90 Å². The highest BCUT2D eigenvalue weighted by atomic mass is 32.2. The van der Waals surface area contributed by atoms with Gasteiger partial charge in [-0.2, -0.15) is 13.2 Å². The van der Waals surface area contributed by atoms with Crippen molar-refractivity contribution in [3.05, 3.63) is 52.1 Å². The summed E-state index contributed by atoms with van der Waals surface area (Å²) in [4.78, 5) is 26.1. The van der Waals surface area contributed by atoms with Crippen LogP contribution in [0.5, 0.6) is 0 Å². The second-order valence-electron chi connectivity index (χ2n) is 6.40. The predicted octanol–water partition coefficient (Wildman–Crippen LogP) is 4.61. The van der Waals surface area contributed by atoms with Gasteiger partial charge in [-0.05, 0) is 37.1 Å². The van der Waals surface area contributed by atoms with E-state index in [0.717, 1.165) is 58.0 Å². The fourth-order valence-electron chi connectivity index (χ4n) is 3.09.